The molecule has 0 spiro atoms. The number of hydrogen-bond acceptors (Lipinski definition) is 7. The van der Waals surface area contributed by atoms with E-state index >= 15 is 0 Å². The highest BCUT2D eigenvalue weighted by molar-refractivity contribution is 6.09. The Hall–Kier alpha value is -4.14. The van der Waals surface area contributed by atoms with E-state index < -0.39 is 35.4 Å². The molecule has 0 bridgehead atoms. The average Bonchev–Trinajstić information content (AvgIpc) is 2.90. The van der Waals surface area contributed by atoms with Gasteiger partial charge in [-0.1, -0.05) is 36.4 Å². The number of hydrogen-bond donors (Lipinski definition) is 4. The Kier molecular flexibility index (Phi) is 7.73. The van der Waals surface area contributed by atoms with Gasteiger partial charge in [-0.25, -0.2) is 19.2 Å². The zero-order chi connectivity index (χ0) is 20.4. The van der Waals surface area contributed by atoms with Crippen LogP contribution in [0.15, 0.2) is 72.2 Å². The van der Waals surface area contributed by atoms with E-state index in [1.165, 1.54) is 0 Å². The van der Waals surface area contributed by atoms with Crippen molar-refractivity contribution in [2.45, 2.75) is 0 Å². The number of esters is 2. The predicted octanol–water partition coefficient (Wildman–Crippen LogP) is 2.17. The fourth-order valence-electron chi connectivity index (χ4n) is 1.54. The lowest BCUT2D eigenvalue weighted by Crippen LogP contribution is -2.01. The van der Waals surface area contributed by atoms with Crippen LogP contribution >= 0.6 is 0 Å². The molecule has 2 aromatic carbocycles. The van der Waals surface area contributed by atoms with E-state index in [9.17, 15) is 19.2 Å². The molecule has 0 aromatic heterocycles. The molecule has 4 N–H and O–H groups in total. The molecule has 140 valence electrons. The minimum atomic E-state index is -1.21. The number of rotatable bonds is 2. The number of carbonyl (C=O) groups excluding carboxylic acids is 2. The molecule has 2 aromatic rings. The fraction of sp³-hybridized carbons (Fsp3) is 0. The zero-order valence-electron chi connectivity index (χ0n) is 13.6. The van der Waals surface area contributed by atoms with Gasteiger partial charge in [0.2, 0.25) is 0 Å². The first-order valence-electron chi connectivity index (χ1n) is 7.19. The molecular formula is C18H14O9. The maximum Gasteiger partial charge on any atom is 0.385 e. The van der Waals surface area contributed by atoms with Crippen molar-refractivity contribution >= 4 is 23.9 Å². The molecule has 0 saturated heterocycles. The molecule has 0 fully saturated rings. The Morgan fingerprint density at radius 2 is 0.926 bits per heavy atom. The molecule has 0 aliphatic carbocycles. The summed E-state index contributed by atoms with van der Waals surface area (Å²) >= 11 is 0. The van der Waals surface area contributed by atoms with Crippen LogP contribution in [0.25, 0.3) is 0 Å². The molecule has 9 nitrogen and oxygen atoms in total. The Bertz CT molecular complexity index is 783. The van der Waals surface area contributed by atoms with Crippen LogP contribution in [0.5, 0.6) is 0 Å². The molecule has 1 aliphatic heterocycles. The van der Waals surface area contributed by atoms with Gasteiger partial charge < -0.3 is 25.2 Å². The van der Waals surface area contributed by atoms with E-state index in [1.54, 1.807) is 60.7 Å². The SMILES string of the molecule is O=C(O)c1ccccc1.O=C(O)c1ccccc1.O=C1OC(=O)C(O)=C1O. The van der Waals surface area contributed by atoms with Crippen LogP contribution in [0.4, 0.5) is 0 Å². The van der Waals surface area contributed by atoms with E-state index in [2.05, 4.69) is 4.74 Å². The third-order valence-electron chi connectivity index (χ3n) is 2.84. The molecule has 1 aliphatic rings. The number of aliphatic hydroxyl groups excluding tert-OH is 2. The maximum absolute atomic E-state index is 10.2. The van der Waals surface area contributed by atoms with Crippen molar-refractivity contribution in [1.82, 2.24) is 0 Å². The van der Waals surface area contributed by atoms with Crippen LogP contribution in [0, 0.1) is 0 Å². The molecule has 9 heteroatoms. The molecule has 27 heavy (non-hydrogen) atoms. The van der Waals surface area contributed by atoms with Crippen molar-refractivity contribution in [3.8, 4) is 0 Å². The summed E-state index contributed by atoms with van der Waals surface area (Å²) < 4.78 is 3.73. The van der Waals surface area contributed by atoms with Crippen LogP contribution in [-0.2, 0) is 14.3 Å². The van der Waals surface area contributed by atoms with E-state index in [-0.39, 0.29) is 0 Å². The van der Waals surface area contributed by atoms with Gasteiger partial charge >= 0.3 is 23.9 Å². The van der Waals surface area contributed by atoms with Gasteiger partial charge in [0.15, 0.2) is 0 Å². The molecule has 0 saturated carbocycles. The summed E-state index contributed by atoms with van der Waals surface area (Å²) in [6.45, 7) is 0. The van der Waals surface area contributed by atoms with Gasteiger partial charge in [0.25, 0.3) is 11.5 Å². The van der Waals surface area contributed by atoms with Crippen LogP contribution in [0.3, 0.4) is 0 Å². The monoisotopic (exact) mass is 374 g/mol. The number of carboxylic acids is 2. The first kappa shape index (κ1) is 20.9. The zero-order valence-corrected chi connectivity index (χ0v) is 13.6. The van der Waals surface area contributed by atoms with Gasteiger partial charge in [-0.2, -0.15) is 0 Å². The topological polar surface area (TPSA) is 158 Å². The lowest BCUT2D eigenvalue weighted by Gasteiger charge is -1.88. The highest BCUT2D eigenvalue weighted by atomic mass is 16.6. The van der Waals surface area contributed by atoms with Crippen molar-refractivity contribution in [3.63, 3.8) is 0 Å². The standard InChI is InChI=1S/2C7H6O2.C4H2O5/c2*8-7(9)6-4-2-1-3-5-6;5-1-2(6)4(8)9-3(1)7/h2*1-5H,(H,8,9);5-6H. The second-order valence-electron chi connectivity index (χ2n) is 4.72. The van der Waals surface area contributed by atoms with E-state index in [0.29, 0.717) is 11.1 Å². The van der Waals surface area contributed by atoms with Gasteiger partial charge in [0.1, 0.15) is 0 Å². The molecule has 0 unspecified atom stereocenters. The maximum atomic E-state index is 10.2. The van der Waals surface area contributed by atoms with Crippen LogP contribution in [-0.4, -0.2) is 44.3 Å². The lowest BCUT2D eigenvalue weighted by molar-refractivity contribution is -0.153. The van der Waals surface area contributed by atoms with Crippen molar-refractivity contribution in [3.05, 3.63) is 83.3 Å². The minimum Gasteiger partial charge on any atom is -0.499 e. The predicted molar refractivity (Wildman–Crippen MR) is 90.2 cm³/mol. The normalized spacial score (nSPS) is 12.1. The lowest BCUT2D eigenvalue weighted by atomic mass is 10.2. The molecule has 0 amide bonds. The van der Waals surface area contributed by atoms with Crippen molar-refractivity contribution in [2.75, 3.05) is 0 Å². The summed E-state index contributed by atoms with van der Waals surface area (Å²) in [5.41, 5.74) is 0.662. The molecule has 0 radical (unpaired) electrons. The summed E-state index contributed by atoms with van der Waals surface area (Å²) in [6, 6.07) is 16.6. The largest absolute Gasteiger partial charge is 0.499 e. The van der Waals surface area contributed by atoms with Crippen LogP contribution in [0.2, 0.25) is 0 Å². The quantitative estimate of drug-likeness (QED) is 0.456. The first-order valence-corrected chi connectivity index (χ1v) is 7.19. The number of aromatic carboxylic acids is 2. The van der Waals surface area contributed by atoms with Gasteiger partial charge in [0, 0.05) is 0 Å². The van der Waals surface area contributed by atoms with Gasteiger partial charge in [-0.3, -0.25) is 0 Å². The van der Waals surface area contributed by atoms with Gasteiger partial charge in [0.05, 0.1) is 11.1 Å². The Morgan fingerprint density at radius 1 is 0.630 bits per heavy atom. The number of carbonyl (C=O) groups is 4. The van der Waals surface area contributed by atoms with Gasteiger partial charge in [-0.15, -0.1) is 0 Å². The average molecular weight is 374 g/mol. The molecular weight excluding hydrogens is 360 g/mol. The van der Waals surface area contributed by atoms with Crippen molar-refractivity contribution in [2.24, 2.45) is 0 Å². The molecule has 1 heterocycles. The number of ether oxygens (including phenoxy) is 1. The number of aliphatic hydroxyl groups is 2. The van der Waals surface area contributed by atoms with E-state index in [1.807, 2.05) is 0 Å². The second kappa shape index (κ2) is 9.99. The highest BCUT2D eigenvalue weighted by Gasteiger charge is 2.32. The number of carboxylic acid groups (broad SMARTS) is 2. The highest BCUT2D eigenvalue weighted by Crippen LogP contribution is 2.10. The summed E-state index contributed by atoms with van der Waals surface area (Å²) in [4.78, 5) is 40.6. The van der Waals surface area contributed by atoms with Crippen molar-refractivity contribution in [1.29, 1.82) is 0 Å². The molecule has 0 atom stereocenters. The van der Waals surface area contributed by atoms with E-state index in [4.69, 9.17) is 20.4 Å². The summed E-state index contributed by atoms with van der Waals surface area (Å²) in [7, 11) is 0. The summed E-state index contributed by atoms with van der Waals surface area (Å²) in [5, 5.41) is 33.5. The number of benzene rings is 2. The third-order valence-corrected chi connectivity index (χ3v) is 2.84. The summed E-state index contributed by atoms with van der Waals surface area (Å²) in [5.74, 6) is -6.24. The summed E-state index contributed by atoms with van der Waals surface area (Å²) in [6.07, 6.45) is 0. The smallest absolute Gasteiger partial charge is 0.385 e. The minimum absolute atomic E-state index is 0.331. The fourth-order valence-corrected chi connectivity index (χ4v) is 1.54. The van der Waals surface area contributed by atoms with Crippen molar-refractivity contribution < 1.29 is 44.3 Å². The first-order chi connectivity index (χ1) is 12.7. The van der Waals surface area contributed by atoms with Gasteiger partial charge in [-0.05, 0) is 24.3 Å². The van der Waals surface area contributed by atoms with Crippen LogP contribution in [0.1, 0.15) is 20.7 Å². The second-order valence-corrected chi connectivity index (χ2v) is 4.72. The third kappa shape index (κ3) is 6.70. The number of cyclic esters (lactones) is 2. The Labute approximate surface area is 152 Å². The van der Waals surface area contributed by atoms with E-state index in [0.717, 1.165) is 0 Å². The van der Waals surface area contributed by atoms with Crippen LogP contribution < -0.4 is 0 Å². The Morgan fingerprint density at radius 3 is 1.07 bits per heavy atom. The Balaban J connectivity index is 0.000000202. The molecule has 3 rings (SSSR count).